The second-order valence-corrected chi connectivity index (χ2v) is 7.52. The van der Waals surface area contributed by atoms with Gasteiger partial charge in [0.1, 0.15) is 5.76 Å². The number of rotatable bonds is 6. The van der Waals surface area contributed by atoms with Crippen molar-refractivity contribution in [1.82, 2.24) is 4.90 Å². The summed E-state index contributed by atoms with van der Waals surface area (Å²) in [4.78, 5) is 51.2. The lowest BCUT2D eigenvalue weighted by Gasteiger charge is -2.14. The summed E-state index contributed by atoms with van der Waals surface area (Å²) >= 11 is 5.89. The zero-order valence-corrected chi connectivity index (χ0v) is 17.6. The molecule has 162 valence electrons. The summed E-state index contributed by atoms with van der Waals surface area (Å²) in [6, 6.07) is 13.9. The number of esters is 1. The van der Waals surface area contributed by atoms with Crippen LogP contribution in [0, 0.1) is 0 Å². The number of imide groups is 1. The third kappa shape index (κ3) is 4.26. The van der Waals surface area contributed by atoms with Crippen LogP contribution in [0.1, 0.15) is 43.8 Å². The zero-order valence-electron chi connectivity index (χ0n) is 16.8. The Labute approximate surface area is 187 Å². The van der Waals surface area contributed by atoms with E-state index in [1.807, 2.05) is 0 Å². The number of hydrogen-bond donors (Lipinski definition) is 1. The van der Waals surface area contributed by atoms with E-state index in [2.05, 4.69) is 5.32 Å². The Morgan fingerprint density at radius 1 is 1.06 bits per heavy atom. The van der Waals surface area contributed by atoms with Crippen molar-refractivity contribution in [2.45, 2.75) is 19.6 Å². The second-order valence-electron chi connectivity index (χ2n) is 7.08. The van der Waals surface area contributed by atoms with Gasteiger partial charge >= 0.3 is 5.97 Å². The molecule has 4 rings (SSSR count). The molecule has 1 N–H and O–H groups in total. The first kappa shape index (κ1) is 21.3. The molecule has 1 aliphatic heterocycles. The van der Waals surface area contributed by atoms with Gasteiger partial charge in [-0.2, -0.15) is 0 Å². The van der Waals surface area contributed by atoms with Gasteiger partial charge in [-0.25, -0.2) is 4.79 Å². The highest BCUT2D eigenvalue weighted by atomic mass is 35.5. The molecule has 0 radical (unpaired) electrons. The molecule has 1 unspecified atom stereocenters. The van der Waals surface area contributed by atoms with Crippen LogP contribution in [0.3, 0.4) is 0 Å². The van der Waals surface area contributed by atoms with Gasteiger partial charge in [0, 0.05) is 10.7 Å². The maximum absolute atomic E-state index is 12.7. The van der Waals surface area contributed by atoms with Crippen molar-refractivity contribution in [2.24, 2.45) is 0 Å². The van der Waals surface area contributed by atoms with Crippen LogP contribution >= 0.6 is 11.6 Å². The van der Waals surface area contributed by atoms with Gasteiger partial charge in [0.15, 0.2) is 6.10 Å². The summed E-state index contributed by atoms with van der Waals surface area (Å²) < 4.78 is 10.4. The molecule has 0 bridgehead atoms. The van der Waals surface area contributed by atoms with E-state index in [-0.39, 0.29) is 23.2 Å². The fraction of sp³-hybridized carbons (Fsp3) is 0.130. The number of nitrogens with one attached hydrogen (secondary N) is 1. The average Bonchev–Trinajstić information content (AvgIpc) is 3.36. The van der Waals surface area contributed by atoms with Crippen molar-refractivity contribution >= 4 is 41.0 Å². The van der Waals surface area contributed by atoms with Crippen LogP contribution in [-0.2, 0) is 16.1 Å². The molecule has 0 spiro atoms. The lowest BCUT2D eigenvalue weighted by atomic mass is 10.1. The minimum Gasteiger partial charge on any atom is -0.467 e. The minimum absolute atomic E-state index is 0.0141. The smallest absolute Gasteiger partial charge is 0.338 e. The first-order valence-corrected chi connectivity index (χ1v) is 10.0. The molecule has 3 amide bonds. The Hall–Kier alpha value is -3.91. The van der Waals surface area contributed by atoms with Crippen molar-refractivity contribution in [3.63, 3.8) is 0 Å². The maximum Gasteiger partial charge on any atom is 0.338 e. The molecule has 1 aromatic heterocycles. The highest BCUT2D eigenvalue weighted by Crippen LogP contribution is 2.26. The van der Waals surface area contributed by atoms with E-state index in [0.717, 1.165) is 4.90 Å². The van der Waals surface area contributed by atoms with Gasteiger partial charge in [0.05, 0.1) is 29.5 Å². The number of fused-ring (bicyclic) bond motifs is 1. The van der Waals surface area contributed by atoms with Crippen LogP contribution in [-0.4, -0.2) is 34.7 Å². The molecule has 0 saturated heterocycles. The molecule has 32 heavy (non-hydrogen) atoms. The van der Waals surface area contributed by atoms with E-state index in [1.54, 1.807) is 36.4 Å². The summed E-state index contributed by atoms with van der Waals surface area (Å²) in [5.74, 6) is -1.90. The Balaban J connectivity index is 1.44. The fourth-order valence-electron chi connectivity index (χ4n) is 3.21. The average molecular weight is 453 g/mol. The number of carbonyl (C=O) groups is 4. The number of amides is 3. The van der Waals surface area contributed by atoms with E-state index in [1.165, 1.54) is 31.4 Å². The van der Waals surface area contributed by atoms with E-state index < -0.39 is 29.8 Å². The first-order chi connectivity index (χ1) is 15.3. The Kier molecular flexibility index (Phi) is 5.79. The van der Waals surface area contributed by atoms with Gasteiger partial charge in [0.25, 0.3) is 17.7 Å². The maximum atomic E-state index is 12.7. The SMILES string of the molecule is CC(OC(=O)c1ccc2c(c1)C(=O)N(Cc1ccco1)C2=O)C(=O)Nc1cccc(Cl)c1. The molecule has 1 aliphatic rings. The van der Waals surface area contributed by atoms with Gasteiger partial charge in [-0.05, 0) is 55.5 Å². The highest BCUT2D eigenvalue weighted by molar-refractivity contribution is 6.30. The topological polar surface area (TPSA) is 106 Å². The number of furan rings is 1. The summed E-state index contributed by atoms with van der Waals surface area (Å²) in [5, 5.41) is 3.06. The number of carbonyl (C=O) groups excluding carboxylic acids is 4. The Bertz CT molecular complexity index is 1220. The first-order valence-electron chi connectivity index (χ1n) is 9.63. The molecule has 0 aliphatic carbocycles. The number of ether oxygens (including phenoxy) is 1. The summed E-state index contributed by atoms with van der Waals surface area (Å²) in [6.45, 7) is 1.41. The van der Waals surface area contributed by atoms with Crippen LogP contribution in [0.4, 0.5) is 5.69 Å². The van der Waals surface area contributed by atoms with Crippen molar-refractivity contribution in [1.29, 1.82) is 0 Å². The third-order valence-corrected chi connectivity index (χ3v) is 5.08. The number of anilines is 1. The molecule has 8 nitrogen and oxygen atoms in total. The van der Waals surface area contributed by atoms with Crippen LogP contribution in [0.15, 0.2) is 65.3 Å². The lowest BCUT2D eigenvalue weighted by molar-refractivity contribution is -0.123. The Morgan fingerprint density at radius 2 is 1.84 bits per heavy atom. The molecule has 0 saturated carbocycles. The van der Waals surface area contributed by atoms with E-state index >= 15 is 0 Å². The molecule has 2 aromatic carbocycles. The summed E-state index contributed by atoms with van der Waals surface area (Å²) in [7, 11) is 0. The van der Waals surface area contributed by atoms with Crippen molar-refractivity contribution in [3.8, 4) is 0 Å². The van der Waals surface area contributed by atoms with Gasteiger partial charge in [-0.1, -0.05) is 17.7 Å². The summed E-state index contributed by atoms with van der Waals surface area (Å²) in [6.07, 6.45) is 0.341. The van der Waals surface area contributed by atoms with Crippen LogP contribution in [0.5, 0.6) is 0 Å². The van der Waals surface area contributed by atoms with E-state index in [4.69, 9.17) is 20.8 Å². The van der Waals surface area contributed by atoms with Crippen molar-refractivity contribution in [2.75, 3.05) is 5.32 Å². The third-order valence-electron chi connectivity index (χ3n) is 4.85. The monoisotopic (exact) mass is 452 g/mol. The van der Waals surface area contributed by atoms with Crippen molar-refractivity contribution in [3.05, 3.63) is 88.3 Å². The number of halogens is 1. The zero-order chi connectivity index (χ0) is 22.8. The standard InChI is InChI=1S/C23H17ClN2O6/c1-13(20(27)25-16-5-2-4-15(24)11-16)32-23(30)14-7-8-18-19(10-14)22(29)26(21(18)28)12-17-6-3-9-31-17/h2-11,13H,12H2,1H3,(H,25,27). The largest absolute Gasteiger partial charge is 0.467 e. The van der Waals surface area contributed by atoms with Gasteiger partial charge < -0.3 is 14.5 Å². The number of benzene rings is 2. The normalized spacial score (nSPS) is 13.6. The van der Waals surface area contributed by atoms with Crippen LogP contribution < -0.4 is 5.32 Å². The molecule has 0 fully saturated rings. The molecular weight excluding hydrogens is 436 g/mol. The minimum atomic E-state index is -1.11. The Morgan fingerprint density at radius 3 is 2.56 bits per heavy atom. The number of nitrogens with zero attached hydrogens (tertiary/aromatic N) is 1. The van der Waals surface area contributed by atoms with E-state index in [9.17, 15) is 19.2 Å². The molecule has 1 atom stereocenters. The van der Waals surface area contributed by atoms with Crippen LogP contribution in [0.25, 0.3) is 0 Å². The molecule has 9 heteroatoms. The highest BCUT2D eigenvalue weighted by Gasteiger charge is 2.36. The second kappa shape index (κ2) is 8.68. The summed E-state index contributed by atoms with van der Waals surface area (Å²) in [5.41, 5.74) is 0.785. The van der Waals surface area contributed by atoms with Gasteiger partial charge in [-0.3, -0.25) is 19.3 Å². The lowest BCUT2D eigenvalue weighted by Crippen LogP contribution is -2.30. The predicted molar refractivity (Wildman–Crippen MR) is 114 cm³/mol. The van der Waals surface area contributed by atoms with Crippen LogP contribution in [0.2, 0.25) is 5.02 Å². The van der Waals surface area contributed by atoms with Gasteiger partial charge in [0.2, 0.25) is 0 Å². The fourth-order valence-corrected chi connectivity index (χ4v) is 3.40. The van der Waals surface area contributed by atoms with Gasteiger partial charge in [-0.15, -0.1) is 0 Å². The predicted octanol–water partition coefficient (Wildman–Crippen LogP) is 3.91. The number of hydrogen-bond acceptors (Lipinski definition) is 6. The molecular formula is C23H17ClN2O6. The quantitative estimate of drug-likeness (QED) is 0.449. The molecule has 2 heterocycles. The molecule has 3 aromatic rings. The van der Waals surface area contributed by atoms with E-state index in [0.29, 0.717) is 16.5 Å². The van der Waals surface area contributed by atoms with Crippen molar-refractivity contribution < 1.29 is 28.3 Å².